The van der Waals surface area contributed by atoms with E-state index in [0.717, 1.165) is 18.7 Å². The molecule has 0 radical (unpaired) electrons. The van der Waals surface area contributed by atoms with Crippen LogP contribution in [0.25, 0.3) is 0 Å². The SMILES string of the molecule is CC(C)(C)N1CC(n2cc(CC#N)cn2)C1. The highest BCUT2D eigenvalue weighted by atomic mass is 15.4. The highest BCUT2D eigenvalue weighted by Gasteiger charge is 2.35. The fraction of sp³-hybridized carbons (Fsp3) is 0.667. The van der Waals surface area contributed by atoms with Gasteiger partial charge in [-0.25, -0.2) is 0 Å². The second-order valence-electron chi connectivity index (χ2n) is 5.39. The summed E-state index contributed by atoms with van der Waals surface area (Å²) in [6.07, 6.45) is 4.24. The van der Waals surface area contributed by atoms with Gasteiger partial charge in [0.15, 0.2) is 0 Å². The van der Waals surface area contributed by atoms with Crippen LogP contribution in [-0.2, 0) is 6.42 Å². The minimum absolute atomic E-state index is 0.249. The molecule has 4 nitrogen and oxygen atoms in total. The lowest BCUT2D eigenvalue weighted by molar-refractivity contribution is 0.0155. The summed E-state index contributed by atoms with van der Waals surface area (Å²) < 4.78 is 1.99. The third kappa shape index (κ3) is 2.10. The molecule has 4 heteroatoms. The van der Waals surface area contributed by atoms with Crippen LogP contribution in [0.3, 0.4) is 0 Å². The van der Waals surface area contributed by atoms with Crippen molar-refractivity contribution in [2.45, 2.75) is 38.8 Å². The van der Waals surface area contributed by atoms with E-state index in [4.69, 9.17) is 5.26 Å². The Morgan fingerprint density at radius 2 is 2.19 bits per heavy atom. The fourth-order valence-electron chi connectivity index (χ4n) is 1.93. The van der Waals surface area contributed by atoms with Crippen molar-refractivity contribution in [3.63, 3.8) is 0 Å². The first-order valence-electron chi connectivity index (χ1n) is 5.66. The molecular weight excluding hydrogens is 200 g/mol. The van der Waals surface area contributed by atoms with Crippen molar-refractivity contribution in [3.8, 4) is 6.07 Å². The monoisotopic (exact) mass is 218 g/mol. The standard InChI is InChI=1S/C12H18N4/c1-12(2,3)15-8-11(9-15)16-7-10(4-5-13)6-14-16/h6-7,11H,4,8-9H2,1-3H3. The summed E-state index contributed by atoms with van der Waals surface area (Å²) in [7, 11) is 0. The number of nitriles is 1. The molecule has 0 bridgehead atoms. The van der Waals surface area contributed by atoms with Crippen molar-refractivity contribution in [2.24, 2.45) is 0 Å². The quantitative estimate of drug-likeness (QED) is 0.757. The van der Waals surface area contributed by atoms with E-state index < -0.39 is 0 Å². The van der Waals surface area contributed by atoms with Crippen LogP contribution in [0.4, 0.5) is 0 Å². The summed E-state index contributed by atoms with van der Waals surface area (Å²) >= 11 is 0. The zero-order valence-electron chi connectivity index (χ0n) is 10.1. The molecule has 0 aliphatic carbocycles. The molecule has 0 spiro atoms. The Morgan fingerprint density at radius 1 is 1.50 bits per heavy atom. The maximum absolute atomic E-state index is 8.59. The minimum Gasteiger partial charge on any atom is -0.294 e. The van der Waals surface area contributed by atoms with Gasteiger partial charge in [-0.2, -0.15) is 10.4 Å². The van der Waals surface area contributed by atoms with Gasteiger partial charge in [0, 0.05) is 30.4 Å². The van der Waals surface area contributed by atoms with Gasteiger partial charge < -0.3 is 0 Å². The lowest BCUT2D eigenvalue weighted by Crippen LogP contribution is -2.56. The first-order chi connectivity index (χ1) is 7.50. The first-order valence-corrected chi connectivity index (χ1v) is 5.66. The Balaban J connectivity index is 1.94. The summed E-state index contributed by atoms with van der Waals surface area (Å²) in [5, 5.41) is 12.9. The molecule has 1 aromatic heterocycles. The molecule has 0 atom stereocenters. The number of hydrogen-bond acceptors (Lipinski definition) is 3. The van der Waals surface area contributed by atoms with Gasteiger partial charge in [0.05, 0.1) is 24.7 Å². The van der Waals surface area contributed by atoms with Crippen LogP contribution in [0.5, 0.6) is 0 Å². The zero-order chi connectivity index (χ0) is 11.8. The summed E-state index contributed by atoms with van der Waals surface area (Å²) in [6.45, 7) is 8.79. The largest absolute Gasteiger partial charge is 0.294 e. The lowest BCUT2D eigenvalue weighted by atomic mass is 9.98. The maximum atomic E-state index is 8.59. The van der Waals surface area contributed by atoms with Crippen molar-refractivity contribution >= 4 is 0 Å². The molecule has 0 unspecified atom stereocenters. The molecule has 0 N–H and O–H groups in total. The highest BCUT2D eigenvalue weighted by Crippen LogP contribution is 2.28. The van der Waals surface area contributed by atoms with E-state index in [1.54, 1.807) is 6.20 Å². The van der Waals surface area contributed by atoms with Gasteiger partial charge in [-0.15, -0.1) is 0 Å². The topological polar surface area (TPSA) is 44.9 Å². The number of nitrogens with zero attached hydrogens (tertiary/aromatic N) is 4. The van der Waals surface area contributed by atoms with Crippen molar-refractivity contribution in [3.05, 3.63) is 18.0 Å². The van der Waals surface area contributed by atoms with E-state index in [0.29, 0.717) is 12.5 Å². The number of hydrogen-bond donors (Lipinski definition) is 0. The Bertz CT molecular complexity index is 401. The lowest BCUT2D eigenvalue weighted by Gasteiger charge is -2.47. The normalized spacial score (nSPS) is 18.1. The average molecular weight is 218 g/mol. The van der Waals surface area contributed by atoms with Crippen LogP contribution in [0.15, 0.2) is 12.4 Å². The van der Waals surface area contributed by atoms with Crippen molar-refractivity contribution in [1.29, 1.82) is 5.26 Å². The third-order valence-corrected chi connectivity index (χ3v) is 3.12. The van der Waals surface area contributed by atoms with Crippen LogP contribution >= 0.6 is 0 Å². The predicted octanol–water partition coefficient (Wildman–Crippen LogP) is 1.60. The maximum Gasteiger partial charge on any atom is 0.0773 e. The molecule has 1 aromatic rings. The molecule has 2 rings (SSSR count). The highest BCUT2D eigenvalue weighted by molar-refractivity contribution is 5.10. The molecule has 86 valence electrons. The molecule has 1 fully saturated rings. The second kappa shape index (κ2) is 3.91. The predicted molar refractivity (Wildman–Crippen MR) is 61.9 cm³/mol. The zero-order valence-corrected chi connectivity index (χ0v) is 10.1. The molecule has 16 heavy (non-hydrogen) atoms. The van der Waals surface area contributed by atoms with Crippen LogP contribution in [-0.4, -0.2) is 33.3 Å². The third-order valence-electron chi connectivity index (χ3n) is 3.12. The molecule has 2 heterocycles. The van der Waals surface area contributed by atoms with E-state index in [2.05, 4.69) is 36.8 Å². The number of rotatable bonds is 2. The smallest absolute Gasteiger partial charge is 0.0773 e. The van der Waals surface area contributed by atoms with Crippen LogP contribution < -0.4 is 0 Å². The summed E-state index contributed by atoms with van der Waals surface area (Å²) in [5.74, 6) is 0. The summed E-state index contributed by atoms with van der Waals surface area (Å²) in [5.41, 5.74) is 1.26. The van der Waals surface area contributed by atoms with E-state index in [1.807, 2.05) is 10.9 Å². The van der Waals surface area contributed by atoms with Crippen molar-refractivity contribution < 1.29 is 0 Å². The Hall–Kier alpha value is -1.34. The molecule has 0 amide bonds. The molecule has 0 aromatic carbocycles. The van der Waals surface area contributed by atoms with Crippen LogP contribution in [0.2, 0.25) is 0 Å². The molecule has 1 aliphatic heterocycles. The van der Waals surface area contributed by atoms with Crippen LogP contribution in [0, 0.1) is 11.3 Å². The minimum atomic E-state index is 0.249. The average Bonchev–Trinajstić information content (AvgIpc) is 2.48. The van der Waals surface area contributed by atoms with E-state index in [1.165, 1.54) is 0 Å². The van der Waals surface area contributed by atoms with Gasteiger partial charge in [0.1, 0.15) is 0 Å². The van der Waals surface area contributed by atoms with Gasteiger partial charge in [-0.1, -0.05) is 0 Å². The van der Waals surface area contributed by atoms with Gasteiger partial charge in [-0.05, 0) is 20.8 Å². The fourth-order valence-corrected chi connectivity index (χ4v) is 1.93. The summed E-state index contributed by atoms with van der Waals surface area (Å²) in [6, 6.07) is 2.62. The molecular formula is C12H18N4. The molecule has 1 saturated heterocycles. The van der Waals surface area contributed by atoms with Gasteiger partial charge in [-0.3, -0.25) is 9.58 Å². The first kappa shape index (κ1) is 11.2. The van der Waals surface area contributed by atoms with Crippen molar-refractivity contribution in [2.75, 3.05) is 13.1 Å². The van der Waals surface area contributed by atoms with E-state index in [9.17, 15) is 0 Å². The van der Waals surface area contributed by atoms with Gasteiger partial charge in [0.2, 0.25) is 0 Å². The van der Waals surface area contributed by atoms with Gasteiger partial charge >= 0.3 is 0 Å². The van der Waals surface area contributed by atoms with E-state index >= 15 is 0 Å². The Kier molecular flexibility index (Phi) is 2.73. The number of likely N-dealkylation sites (tertiary alicyclic amines) is 1. The molecule has 1 aliphatic rings. The van der Waals surface area contributed by atoms with E-state index in [-0.39, 0.29) is 5.54 Å². The Labute approximate surface area is 96.5 Å². The number of aromatic nitrogens is 2. The van der Waals surface area contributed by atoms with Crippen LogP contribution in [0.1, 0.15) is 32.4 Å². The molecule has 0 saturated carbocycles. The second-order valence-corrected chi connectivity index (χ2v) is 5.39. The Morgan fingerprint density at radius 3 is 2.75 bits per heavy atom. The summed E-state index contributed by atoms with van der Waals surface area (Å²) in [4.78, 5) is 2.43. The van der Waals surface area contributed by atoms with Crippen molar-refractivity contribution in [1.82, 2.24) is 14.7 Å². The van der Waals surface area contributed by atoms with Gasteiger partial charge in [0.25, 0.3) is 0 Å².